The average Bonchev–Trinajstić information content (AvgIpc) is 4.11. The van der Waals surface area contributed by atoms with Crippen LogP contribution in [0.15, 0.2) is 209 Å². The van der Waals surface area contributed by atoms with Gasteiger partial charge in [0.15, 0.2) is 11.6 Å². The number of aromatic nitrogens is 5. The van der Waals surface area contributed by atoms with Crippen molar-refractivity contribution in [3.8, 4) is 45.5 Å². The number of fused-ring (bicyclic) bond motifs is 12. The number of hydrogen-bond acceptors (Lipinski definition) is 5. The van der Waals surface area contributed by atoms with Crippen molar-refractivity contribution >= 4 is 87.5 Å². The van der Waals surface area contributed by atoms with E-state index in [0.717, 1.165) is 110 Å². The SMILES string of the molecule is c1ccc(-c2nc(-c3cccc4c3oc3ccccc34)nc(-n3c4ccccc4c4cc5c6ccccc6n(-c6ccc7oc8cccc(-c9ccccc9)c8c7c6)c5cc43)n2)cc1. The first-order chi connectivity index (χ1) is 31.7. The lowest BCUT2D eigenvalue weighted by molar-refractivity contribution is 0.668. The van der Waals surface area contributed by atoms with Crippen molar-refractivity contribution in [1.82, 2.24) is 24.1 Å². The molecule has 0 aliphatic heterocycles. The molecule has 298 valence electrons. The molecule has 14 rings (SSSR count). The maximum atomic E-state index is 6.55. The van der Waals surface area contributed by atoms with Crippen molar-refractivity contribution in [3.05, 3.63) is 200 Å². The molecule has 0 unspecified atom stereocenters. The van der Waals surface area contributed by atoms with Crippen LogP contribution >= 0.6 is 0 Å². The van der Waals surface area contributed by atoms with Crippen molar-refractivity contribution in [2.75, 3.05) is 0 Å². The Morgan fingerprint density at radius 2 is 0.922 bits per heavy atom. The van der Waals surface area contributed by atoms with Gasteiger partial charge in [0.05, 0.1) is 27.6 Å². The van der Waals surface area contributed by atoms with Gasteiger partial charge < -0.3 is 13.4 Å². The topological polar surface area (TPSA) is 74.8 Å². The van der Waals surface area contributed by atoms with Crippen LogP contribution in [0, 0.1) is 0 Å². The fourth-order valence-electron chi connectivity index (χ4n) is 9.96. The van der Waals surface area contributed by atoms with Gasteiger partial charge in [0.1, 0.15) is 22.3 Å². The van der Waals surface area contributed by atoms with Gasteiger partial charge in [0, 0.05) is 54.3 Å². The van der Waals surface area contributed by atoms with E-state index in [0.29, 0.717) is 17.6 Å². The number of furan rings is 2. The second-order valence-electron chi connectivity index (χ2n) is 16.3. The molecular formula is C57H33N5O2. The van der Waals surface area contributed by atoms with E-state index in [1.807, 2.05) is 60.7 Å². The summed E-state index contributed by atoms with van der Waals surface area (Å²) < 4.78 is 17.6. The third-order valence-electron chi connectivity index (χ3n) is 12.8. The molecule has 0 atom stereocenters. The Balaban J connectivity index is 1.05. The summed E-state index contributed by atoms with van der Waals surface area (Å²) in [4.78, 5) is 15.8. The quantitative estimate of drug-likeness (QED) is 0.173. The van der Waals surface area contributed by atoms with Gasteiger partial charge in [-0.3, -0.25) is 4.57 Å². The first-order valence-electron chi connectivity index (χ1n) is 21.4. The molecule has 0 bridgehead atoms. The number of rotatable bonds is 5. The van der Waals surface area contributed by atoms with Gasteiger partial charge in [-0.15, -0.1) is 0 Å². The Kier molecular flexibility index (Phi) is 7.27. The van der Waals surface area contributed by atoms with E-state index < -0.39 is 0 Å². The maximum absolute atomic E-state index is 6.55. The highest BCUT2D eigenvalue weighted by Gasteiger charge is 2.23. The standard InChI is InChI=1S/C57H33N5O2/c1-3-15-34(16-4-1)37-22-14-28-52-53(37)45-31-36(29-30-51(45)63-52)61-46-25-10-7-19-38(46)43-32-44-39-20-8-11-26-47(39)62(49(44)33-48(43)61)57-59-55(35-17-5-2-6-18-35)58-56(60-57)42-24-13-23-41-40-21-9-12-27-50(40)64-54(41)42/h1-33H. The zero-order valence-electron chi connectivity index (χ0n) is 34.1. The van der Waals surface area contributed by atoms with Gasteiger partial charge in [0.25, 0.3) is 0 Å². The van der Waals surface area contributed by atoms with Crippen LogP contribution in [0.4, 0.5) is 0 Å². The first-order valence-corrected chi connectivity index (χ1v) is 21.4. The summed E-state index contributed by atoms with van der Waals surface area (Å²) in [6.45, 7) is 0. The summed E-state index contributed by atoms with van der Waals surface area (Å²) in [7, 11) is 0. The van der Waals surface area contributed by atoms with Gasteiger partial charge in [-0.2, -0.15) is 9.97 Å². The molecule has 9 aromatic carbocycles. The highest BCUT2D eigenvalue weighted by molar-refractivity contribution is 6.20. The number of para-hydroxylation sites is 4. The van der Waals surface area contributed by atoms with Crippen LogP contribution in [0.2, 0.25) is 0 Å². The van der Waals surface area contributed by atoms with E-state index in [4.69, 9.17) is 23.8 Å². The van der Waals surface area contributed by atoms with E-state index in [9.17, 15) is 0 Å². The summed E-state index contributed by atoms with van der Waals surface area (Å²) in [5, 5.41) is 8.79. The Bertz CT molecular complexity index is 4200. The second kappa shape index (κ2) is 13.3. The Labute approximate surface area is 364 Å². The van der Waals surface area contributed by atoms with Crippen LogP contribution in [-0.4, -0.2) is 24.1 Å². The van der Waals surface area contributed by atoms with E-state index in [2.05, 4.69) is 149 Å². The van der Waals surface area contributed by atoms with Gasteiger partial charge >= 0.3 is 0 Å². The summed E-state index contributed by atoms with van der Waals surface area (Å²) in [6.07, 6.45) is 0. The van der Waals surface area contributed by atoms with Crippen LogP contribution in [-0.2, 0) is 0 Å². The molecule has 5 heterocycles. The molecule has 64 heavy (non-hydrogen) atoms. The predicted octanol–water partition coefficient (Wildman–Crippen LogP) is 14.9. The lowest BCUT2D eigenvalue weighted by Crippen LogP contribution is -2.06. The lowest BCUT2D eigenvalue weighted by atomic mass is 9.99. The number of hydrogen-bond donors (Lipinski definition) is 0. The third-order valence-corrected chi connectivity index (χ3v) is 12.8. The summed E-state index contributed by atoms with van der Waals surface area (Å²) in [5.41, 5.74) is 12.5. The van der Waals surface area contributed by atoms with Crippen molar-refractivity contribution in [2.45, 2.75) is 0 Å². The molecule has 7 heteroatoms. The molecule has 0 amide bonds. The minimum Gasteiger partial charge on any atom is -0.456 e. The minimum atomic E-state index is 0.518. The van der Waals surface area contributed by atoms with Gasteiger partial charge in [-0.1, -0.05) is 140 Å². The maximum Gasteiger partial charge on any atom is 0.238 e. The van der Waals surface area contributed by atoms with Crippen LogP contribution in [0.1, 0.15) is 0 Å². The van der Waals surface area contributed by atoms with Gasteiger partial charge in [0.2, 0.25) is 5.95 Å². The molecule has 0 fully saturated rings. The zero-order chi connectivity index (χ0) is 41.9. The Morgan fingerprint density at radius 1 is 0.328 bits per heavy atom. The fourth-order valence-corrected chi connectivity index (χ4v) is 9.96. The Morgan fingerprint density at radius 3 is 1.72 bits per heavy atom. The highest BCUT2D eigenvalue weighted by Crippen LogP contribution is 2.43. The lowest BCUT2D eigenvalue weighted by Gasteiger charge is -2.12. The van der Waals surface area contributed by atoms with Crippen LogP contribution < -0.4 is 0 Å². The summed E-state index contributed by atoms with van der Waals surface area (Å²) in [5.74, 6) is 1.63. The predicted molar refractivity (Wildman–Crippen MR) is 259 cm³/mol. The van der Waals surface area contributed by atoms with Crippen LogP contribution in [0.25, 0.3) is 133 Å². The van der Waals surface area contributed by atoms with Crippen molar-refractivity contribution < 1.29 is 8.83 Å². The largest absolute Gasteiger partial charge is 0.456 e. The number of nitrogens with zero attached hydrogens (tertiary/aromatic N) is 5. The van der Waals surface area contributed by atoms with Crippen molar-refractivity contribution in [3.63, 3.8) is 0 Å². The molecule has 0 saturated heterocycles. The molecule has 0 saturated carbocycles. The average molecular weight is 820 g/mol. The monoisotopic (exact) mass is 819 g/mol. The van der Waals surface area contributed by atoms with Crippen LogP contribution in [0.3, 0.4) is 0 Å². The molecular weight excluding hydrogens is 787 g/mol. The molecule has 0 radical (unpaired) electrons. The summed E-state index contributed by atoms with van der Waals surface area (Å²) in [6, 6.07) is 69.7. The molecule has 0 spiro atoms. The summed E-state index contributed by atoms with van der Waals surface area (Å²) >= 11 is 0. The van der Waals surface area contributed by atoms with Crippen LogP contribution in [0.5, 0.6) is 0 Å². The molecule has 14 aromatic rings. The molecule has 0 aliphatic rings. The molecule has 7 nitrogen and oxygen atoms in total. The zero-order valence-corrected chi connectivity index (χ0v) is 34.1. The van der Waals surface area contributed by atoms with E-state index in [1.54, 1.807) is 0 Å². The van der Waals surface area contributed by atoms with E-state index in [1.165, 1.54) is 5.39 Å². The Hall–Kier alpha value is -8.81. The number of benzene rings is 9. The minimum absolute atomic E-state index is 0.518. The molecule has 0 N–H and O–H groups in total. The van der Waals surface area contributed by atoms with Gasteiger partial charge in [-0.25, -0.2) is 4.98 Å². The molecule has 5 aromatic heterocycles. The van der Waals surface area contributed by atoms with Crippen molar-refractivity contribution in [1.29, 1.82) is 0 Å². The fraction of sp³-hybridized carbons (Fsp3) is 0. The second-order valence-corrected chi connectivity index (χ2v) is 16.3. The highest BCUT2D eigenvalue weighted by atomic mass is 16.3. The van der Waals surface area contributed by atoms with Crippen molar-refractivity contribution in [2.24, 2.45) is 0 Å². The third kappa shape index (κ3) is 5.06. The normalized spacial score (nSPS) is 12.1. The molecule has 0 aliphatic carbocycles. The van der Waals surface area contributed by atoms with E-state index in [-0.39, 0.29) is 0 Å². The smallest absolute Gasteiger partial charge is 0.238 e. The van der Waals surface area contributed by atoms with E-state index >= 15 is 0 Å². The van der Waals surface area contributed by atoms with Gasteiger partial charge in [-0.05, 0) is 71.8 Å². The first kappa shape index (κ1) is 34.9.